The predicted molar refractivity (Wildman–Crippen MR) is 100 cm³/mol. The van der Waals surface area contributed by atoms with Crippen LogP contribution in [-0.2, 0) is 6.54 Å². The molecule has 2 aromatic rings. The van der Waals surface area contributed by atoms with Crippen LogP contribution in [0, 0.1) is 11.3 Å². The summed E-state index contributed by atoms with van der Waals surface area (Å²) in [5, 5.41) is 19.3. The van der Waals surface area contributed by atoms with E-state index < -0.39 is 6.10 Å². The fourth-order valence-electron chi connectivity index (χ4n) is 3.45. The molecule has 0 amide bonds. The van der Waals surface area contributed by atoms with E-state index in [-0.39, 0.29) is 0 Å². The van der Waals surface area contributed by atoms with Gasteiger partial charge >= 0.3 is 0 Å². The van der Waals surface area contributed by atoms with Crippen LogP contribution in [0.2, 0.25) is 0 Å². The first kappa shape index (κ1) is 17.5. The van der Waals surface area contributed by atoms with Gasteiger partial charge in [-0.3, -0.25) is 4.90 Å². The number of hydrogen-bond donors (Lipinski definition) is 1. The van der Waals surface area contributed by atoms with E-state index in [4.69, 9.17) is 5.26 Å². The first-order chi connectivity index (χ1) is 12.2. The Labute approximate surface area is 149 Å². The number of para-hydroxylation sites is 1. The van der Waals surface area contributed by atoms with Crippen LogP contribution in [0.3, 0.4) is 0 Å². The molecule has 1 unspecified atom stereocenters. The molecule has 0 bridgehead atoms. The van der Waals surface area contributed by atoms with Crippen molar-refractivity contribution in [3.63, 3.8) is 0 Å². The SMILES string of the molecule is CN(Cc1ccccc1N1CCCC1)CC(O)c1ccc(C#N)cc1. The molecule has 1 aliphatic rings. The van der Waals surface area contributed by atoms with Crippen molar-refractivity contribution in [3.8, 4) is 6.07 Å². The number of aliphatic hydroxyl groups is 1. The van der Waals surface area contributed by atoms with Crippen molar-refractivity contribution < 1.29 is 5.11 Å². The maximum absolute atomic E-state index is 10.5. The van der Waals surface area contributed by atoms with Crippen molar-refractivity contribution in [2.24, 2.45) is 0 Å². The number of benzene rings is 2. The molecule has 1 saturated heterocycles. The van der Waals surface area contributed by atoms with Crippen LogP contribution in [-0.4, -0.2) is 36.7 Å². The number of likely N-dealkylation sites (N-methyl/N-ethyl adjacent to an activating group) is 1. The summed E-state index contributed by atoms with van der Waals surface area (Å²) in [7, 11) is 2.04. The average Bonchev–Trinajstić information content (AvgIpc) is 3.16. The highest BCUT2D eigenvalue weighted by molar-refractivity contribution is 5.54. The lowest BCUT2D eigenvalue weighted by atomic mass is 10.1. The van der Waals surface area contributed by atoms with Crippen molar-refractivity contribution in [1.29, 1.82) is 5.26 Å². The van der Waals surface area contributed by atoms with Gasteiger partial charge in [-0.05, 0) is 49.2 Å². The van der Waals surface area contributed by atoms with Crippen LogP contribution >= 0.6 is 0 Å². The van der Waals surface area contributed by atoms with Crippen LogP contribution in [0.15, 0.2) is 48.5 Å². The predicted octanol–water partition coefficient (Wildman–Crippen LogP) is 3.32. The Morgan fingerprint density at radius 3 is 2.48 bits per heavy atom. The molecule has 4 nitrogen and oxygen atoms in total. The highest BCUT2D eigenvalue weighted by atomic mass is 16.3. The normalized spacial score (nSPS) is 15.4. The molecule has 1 atom stereocenters. The molecule has 3 rings (SSSR count). The van der Waals surface area contributed by atoms with Gasteiger partial charge in [0.25, 0.3) is 0 Å². The van der Waals surface area contributed by atoms with E-state index in [1.165, 1.54) is 24.1 Å². The summed E-state index contributed by atoms with van der Waals surface area (Å²) in [4.78, 5) is 4.61. The first-order valence-electron chi connectivity index (χ1n) is 8.87. The standard InChI is InChI=1S/C21H25N3O/c1-23(16-21(25)18-10-8-17(14-22)9-11-18)15-19-6-2-3-7-20(19)24-12-4-5-13-24/h2-3,6-11,21,25H,4-5,12-13,15-16H2,1H3. The van der Waals surface area contributed by atoms with Crippen molar-refractivity contribution in [3.05, 3.63) is 65.2 Å². The van der Waals surface area contributed by atoms with E-state index in [1.54, 1.807) is 12.1 Å². The molecule has 1 aliphatic heterocycles. The first-order valence-corrected chi connectivity index (χ1v) is 8.87. The lowest BCUT2D eigenvalue weighted by Crippen LogP contribution is -2.26. The van der Waals surface area contributed by atoms with Crippen molar-refractivity contribution >= 4 is 5.69 Å². The second-order valence-electron chi connectivity index (χ2n) is 6.77. The van der Waals surface area contributed by atoms with Gasteiger partial charge in [0.2, 0.25) is 0 Å². The number of rotatable bonds is 6. The molecular formula is C21H25N3O. The monoisotopic (exact) mass is 335 g/mol. The zero-order chi connectivity index (χ0) is 17.6. The van der Waals surface area contributed by atoms with E-state index >= 15 is 0 Å². The Balaban J connectivity index is 1.64. The van der Waals surface area contributed by atoms with Gasteiger partial charge in [-0.1, -0.05) is 30.3 Å². The zero-order valence-electron chi connectivity index (χ0n) is 14.7. The Morgan fingerprint density at radius 1 is 1.12 bits per heavy atom. The zero-order valence-corrected chi connectivity index (χ0v) is 14.7. The fraction of sp³-hybridized carbons (Fsp3) is 0.381. The topological polar surface area (TPSA) is 50.5 Å². The van der Waals surface area contributed by atoms with Gasteiger partial charge in [-0.25, -0.2) is 0 Å². The maximum atomic E-state index is 10.5. The van der Waals surface area contributed by atoms with E-state index in [1.807, 2.05) is 19.2 Å². The molecule has 4 heteroatoms. The molecule has 0 aromatic heterocycles. The summed E-state index contributed by atoms with van der Waals surface area (Å²) < 4.78 is 0. The Hall–Kier alpha value is -2.35. The number of nitriles is 1. The van der Waals surface area contributed by atoms with Gasteiger partial charge in [0.1, 0.15) is 0 Å². The minimum absolute atomic E-state index is 0.556. The summed E-state index contributed by atoms with van der Waals surface area (Å²) in [6, 6.07) is 17.8. The third-order valence-corrected chi connectivity index (χ3v) is 4.79. The molecule has 1 N–H and O–H groups in total. The summed E-state index contributed by atoms with van der Waals surface area (Å²) in [6.45, 7) is 3.63. The van der Waals surface area contributed by atoms with Crippen LogP contribution in [0.25, 0.3) is 0 Å². The number of nitrogens with zero attached hydrogens (tertiary/aromatic N) is 3. The van der Waals surface area contributed by atoms with Gasteiger partial charge in [0, 0.05) is 31.9 Å². The highest BCUT2D eigenvalue weighted by Crippen LogP contribution is 2.26. The van der Waals surface area contributed by atoms with Crippen LogP contribution in [0.1, 0.15) is 35.6 Å². The second-order valence-corrected chi connectivity index (χ2v) is 6.77. The van der Waals surface area contributed by atoms with Crippen LogP contribution in [0.4, 0.5) is 5.69 Å². The minimum Gasteiger partial charge on any atom is -0.387 e. The highest BCUT2D eigenvalue weighted by Gasteiger charge is 2.17. The molecule has 25 heavy (non-hydrogen) atoms. The molecule has 0 radical (unpaired) electrons. The van der Waals surface area contributed by atoms with Gasteiger partial charge in [-0.15, -0.1) is 0 Å². The summed E-state index contributed by atoms with van der Waals surface area (Å²) in [6.07, 6.45) is 1.97. The Kier molecular flexibility index (Phi) is 5.70. The quantitative estimate of drug-likeness (QED) is 0.880. The molecule has 2 aromatic carbocycles. The summed E-state index contributed by atoms with van der Waals surface area (Å²) in [5.74, 6) is 0. The van der Waals surface area contributed by atoms with Crippen LogP contribution in [0.5, 0.6) is 0 Å². The lowest BCUT2D eigenvalue weighted by molar-refractivity contribution is 0.124. The smallest absolute Gasteiger partial charge is 0.0991 e. The third kappa shape index (κ3) is 4.39. The van der Waals surface area contributed by atoms with E-state index in [0.717, 1.165) is 25.2 Å². The van der Waals surface area contributed by atoms with E-state index in [2.05, 4.69) is 40.1 Å². The van der Waals surface area contributed by atoms with Gasteiger partial charge in [-0.2, -0.15) is 5.26 Å². The average molecular weight is 335 g/mol. The molecule has 0 spiro atoms. The summed E-state index contributed by atoms with van der Waals surface area (Å²) >= 11 is 0. The van der Waals surface area contributed by atoms with Crippen molar-refractivity contribution in [2.45, 2.75) is 25.5 Å². The minimum atomic E-state index is -0.559. The Bertz CT molecular complexity index is 730. The van der Waals surface area contributed by atoms with Crippen molar-refractivity contribution in [2.75, 3.05) is 31.6 Å². The van der Waals surface area contributed by atoms with Gasteiger partial charge in [0.05, 0.1) is 17.7 Å². The number of aliphatic hydroxyl groups excluding tert-OH is 1. The Morgan fingerprint density at radius 2 is 1.80 bits per heavy atom. The van der Waals surface area contributed by atoms with E-state index in [9.17, 15) is 5.11 Å². The lowest BCUT2D eigenvalue weighted by Gasteiger charge is -2.25. The molecule has 1 fully saturated rings. The third-order valence-electron chi connectivity index (χ3n) is 4.79. The second kappa shape index (κ2) is 8.15. The molecule has 0 saturated carbocycles. The molecule has 1 heterocycles. The van der Waals surface area contributed by atoms with Crippen molar-refractivity contribution in [1.82, 2.24) is 4.90 Å². The number of anilines is 1. The maximum Gasteiger partial charge on any atom is 0.0991 e. The number of hydrogen-bond acceptors (Lipinski definition) is 4. The molecule has 0 aliphatic carbocycles. The van der Waals surface area contributed by atoms with Gasteiger partial charge in [0.15, 0.2) is 0 Å². The molecular weight excluding hydrogens is 310 g/mol. The van der Waals surface area contributed by atoms with E-state index in [0.29, 0.717) is 12.1 Å². The fourth-order valence-corrected chi connectivity index (χ4v) is 3.45. The molecule has 130 valence electrons. The summed E-state index contributed by atoms with van der Waals surface area (Å²) in [5.41, 5.74) is 4.08. The van der Waals surface area contributed by atoms with Gasteiger partial charge < -0.3 is 10.0 Å². The largest absolute Gasteiger partial charge is 0.387 e. The van der Waals surface area contributed by atoms with Crippen LogP contribution < -0.4 is 4.90 Å².